The predicted octanol–water partition coefficient (Wildman–Crippen LogP) is 2.05. The van der Waals surface area contributed by atoms with E-state index in [0.717, 1.165) is 17.4 Å². The Bertz CT molecular complexity index is 554. The van der Waals surface area contributed by atoms with E-state index in [1.165, 1.54) is 0 Å². The fraction of sp³-hybridized carbons (Fsp3) is 0.231. The Morgan fingerprint density at radius 3 is 3.00 bits per heavy atom. The molecule has 3 N–H and O–H groups in total. The first-order chi connectivity index (χ1) is 9.16. The van der Waals surface area contributed by atoms with Crippen molar-refractivity contribution in [2.75, 3.05) is 12.3 Å². The molecule has 0 fully saturated rings. The third-order valence-electron chi connectivity index (χ3n) is 2.70. The molecule has 0 saturated heterocycles. The average molecular weight is 323 g/mol. The van der Waals surface area contributed by atoms with Gasteiger partial charge in [-0.1, -0.05) is 15.9 Å². The molecule has 5 nitrogen and oxygen atoms in total. The van der Waals surface area contributed by atoms with Gasteiger partial charge >= 0.3 is 0 Å². The maximum Gasteiger partial charge on any atom is 0.253 e. The Labute approximate surface area is 120 Å². The molecule has 1 aromatic carbocycles. The number of hydrogen-bond donors (Lipinski definition) is 2. The van der Waals surface area contributed by atoms with E-state index in [1.807, 2.05) is 10.8 Å². The van der Waals surface area contributed by atoms with E-state index in [4.69, 9.17) is 5.73 Å². The third kappa shape index (κ3) is 3.82. The summed E-state index contributed by atoms with van der Waals surface area (Å²) in [4.78, 5) is 15.9. The Balaban J connectivity index is 1.81. The second-order valence-electron chi connectivity index (χ2n) is 4.14. The van der Waals surface area contributed by atoms with Gasteiger partial charge in [0.2, 0.25) is 0 Å². The first-order valence-corrected chi connectivity index (χ1v) is 6.75. The molecule has 1 aromatic heterocycles. The summed E-state index contributed by atoms with van der Waals surface area (Å²) in [6.45, 7) is 1.43. The van der Waals surface area contributed by atoms with Crippen molar-refractivity contribution >= 4 is 27.5 Å². The van der Waals surface area contributed by atoms with E-state index in [2.05, 4.69) is 26.2 Å². The maximum atomic E-state index is 11.9. The van der Waals surface area contributed by atoms with Crippen molar-refractivity contribution in [3.05, 3.63) is 47.0 Å². The standard InChI is InChI=1S/C13H15BrN4O/c14-10-2-3-11(12(15)8-10)13(19)17-4-1-6-18-7-5-16-9-18/h2-3,5,7-9H,1,4,6,15H2,(H,17,19). The first kappa shape index (κ1) is 13.6. The molecule has 0 atom stereocenters. The van der Waals surface area contributed by atoms with Crippen LogP contribution < -0.4 is 11.1 Å². The molecule has 0 unspecified atom stereocenters. The number of aromatic nitrogens is 2. The summed E-state index contributed by atoms with van der Waals surface area (Å²) in [6.07, 6.45) is 6.24. The number of carbonyl (C=O) groups excluding carboxylic acids is 1. The normalized spacial score (nSPS) is 10.4. The van der Waals surface area contributed by atoms with Gasteiger partial charge in [0.05, 0.1) is 11.9 Å². The molecular formula is C13H15BrN4O. The van der Waals surface area contributed by atoms with Gasteiger partial charge in [-0.05, 0) is 24.6 Å². The number of hydrogen-bond acceptors (Lipinski definition) is 3. The van der Waals surface area contributed by atoms with E-state index in [9.17, 15) is 4.79 Å². The van der Waals surface area contributed by atoms with Crippen LogP contribution in [0.15, 0.2) is 41.4 Å². The second-order valence-corrected chi connectivity index (χ2v) is 5.06. The van der Waals surface area contributed by atoms with Gasteiger partial charge in [-0.2, -0.15) is 0 Å². The molecule has 1 heterocycles. The highest BCUT2D eigenvalue weighted by Gasteiger charge is 2.08. The minimum atomic E-state index is -0.143. The van der Waals surface area contributed by atoms with Gasteiger partial charge < -0.3 is 15.6 Å². The van der Waals surface area contributed by atoms with Crippen molar-refractivity contribution < 1.29 is 4.79 Å². The third-order valence-corrected chi connectivity index (χ3v) is 3.19. The van der Waals surface area contributed by atoms with Crippen molar-refractivity contribution in [3.63, 3.8) is 0 Å². The Morgan fingerprint density at radius 1 is 1.47 bits per heavy atom. The summed E-state index contributed by atoms with van der Waals surface area (Å²) in [6, 6.07) is 5.24. The average Bonchev–Trinajstić information content (AvgIpc) is 2.87. The fourth-order valence-corrected chi connectivity index (χ4v) is 2.10. The van der Waals surface area contributed by atoms with Crippen molar-refractivity contribution in [2.24, 2.45) is 0 Å². The van der Waals surface area contributed by atoms with Crippen molar-refractivity contribution in [2.45, 2.75) is 13.0 Å². The summed E-state index contributed by atoms with van der Waals surface area (Å²) >= 11 is 3.31. The van der Waals surface area contributed by atoms with Gasteiger partial charge in [0.15, 0.2) is 0 Å². The number of imidazole rings is 1. The predicted molar refractivity (Wildman–Crippen MR) is 77.7 cm³/mol. The smallest absolute Gasteiger partial charge is 0.253 e. The van der Waals surface area contributed by atoms with E-state index in [0.29, 0.717) is 17.8 Å². The summed E-state index contributed by atoms with van der Waals surface area (Å²) in [7, 11) is 0. The van der Waals surface area contributed by atoms with Crippen LogP contribution in [0.2, 0.25) is 0 Å². The van der Waals surface area contributed by atoms with Crippen LogP contribution in [0.25, 0.3) is 0 Å². The van der Waals surface area contributed by atoms with Crippen molar-refractivity contribution in [3.8, 4) is 0 Å². The van der Waals surface area contributed by atoms with Crippen molar-refractivity contribution in [1.29, 1.82) is 0 Å². The molecule has 0 spiro atoms. The van der Waals surface area contributed by atoms with Crippen LogP contribution in [-0.2, 0) is 6.54 Å². The summed E-state index contributed by atoms with van der Waals surface area (Å²) in [5, 5.41) is 2.85. The lowest BCUT2D eigenvalue weighted by Gasteiger charge is -2.08. The quantitative estimate of drug-likeness (QED) is 0.653. The molecule has 2 aromatic rings. The van der Waals surface area contributed by atoms with Crippen molar-refractivity contribution in [1.82, 2.24) is 14.9 Å². The minimum absolute atomic E-state index is 0.143. The number of halogens is 1. The Kier molecular flexibility index (Phi) is 4.57. The van der Waals surface area contributed by atoms with Crippen LogP contribution in [-0.4, -0.2) is 22.0 Å². The topological polar surface area (TPSA) is 72.9 Å². The molecule has 0 saturated carbocycles. The molecule has 2 rings (SSSR count). The number of aryl methyl sites for hydroxylation is 1. The van der Waals surface area contributed by atoms with Crippen LogP contribution >= 0.6 is 15.9 Å². The lowest BCUT2D eigenvalue weighted by atomic mass is 10.1. The highest BCUT2D eigenvalue weighted by molar-refractivity contribution is 9.10. The molecule has 6 heteroatoms. The molecule has 0 aliphatic rings. The molecular weight excluding hydrogens is 308 g/mol. The van der Waals surface area contributed by atoms with Crippen LogP contribution in [0.4, 0.5) is 5.69 Å². The Morgan fingerprint density at radius 2 is 2.32 bits per heavy atom. The van der Waals surface area contributed by atoms with Crippen LogP contribution in [0.1, 0.15) is 16.8 Å². The number of amides is 1. The zero-order chi connectivity index (χ0) is 13.7. The molecule has 0 radical (unpaired) electrons. The number of rotatable bonds is 5. The van der Waals surface area contributed by atoms with Gasteiger partial charge in [-0.3, -0.25) is 4.79 Å². The number of nitrogens with zero attached hydrogens (tertiary/aromatic N) is 2. The highest BCUT2D eigenvalue weighted by atomic mass is 79.9. The SMILES string of the molecule is Nc1cc(Br)ccc1C(=O)NCCCn1ccnc1. The first-order valence-electron chi connectivity index (χ1n) is 5.96. The molecule has 0 aliphatic carbocycles. The molecule has 0 aliphatic heterocycles. The monoisotopic (exact) mass is 322 g/mol. The van der Waals surface area contributed by atoms with Gasteiger partial charge in [0, 0.05) is 35.6 Å². The number of carbonyl (C=O) groups is 1. The summed E-state index contributed by atoms with van der Waals surface area (Å²) in [5.41, 5.74) is 6.78. The van der Waals surface area contributed by atoms with Crippen LogP contribution in [0, 0.1) is 0 Å². The van der Waals surface area contributed by atoms with Crippen LogP contribution in [0.3, 0.4) is 0 Å². The Hall–Kier alpha value is -1.82. The largest absolute Gasteiger partial charge is 0.398 e. The zero-order valence-corrected chi connectivity index (χ0v) is 11.9. The van der Waals surface area contributed by atoms with Gasteiger partial charge in [-0.25, -0.2) is 4.98 Å². The number of nitrogens with one attached hydrogen (secondary N) is 1. The van der Waals surface area contributed by atoms with E-state index in [1.54, 1.807) is 30.7 Å². The molecule has 0 bridgehead atoms. The number of nitrogens with two attached hydrogens (primary N) is 1. The lowest BCUT2D eigenvalue weighted by Crippen LogP contribution is -2.26. The van der Waals surface area contributed by atoms with Crippen LogP contribution in [0.5, 0.6) is 0 Å². The van der Waals surface area contributed by atoms with E-state index >= 15 is 0 Å². The van der Waals surface area contributed by atoms with E-state index < -0.39 is 0 Å². The van der Waals surface area contributed by atoms with E-state index in [-0.39, 0.29) is 5.91 Å². The molecule has 100 valence electrons. The molecule has 19 heavy (non-hydrogen) atoms. The number of nitrogen functional groups attached to an aromatic ring is 1. The zero-order valence-electron chi connectivity index (χ0n) is 10.3. The summed E-state index contributed by atoms with van der Waals surface area (Å²) < 4.78 is 2.84. The minimum Gasteiger partial charge on any atom is -0.398 e. The summed E-state index contributed by atoms with van der Waals surface area (Å²) in [5.74, 6) is -0.143. The fourth-order valence-electron chi connectivity index (χ4n) is 1.72. The number of benzene rings is 1. The second kappa shape index (κ2) is 6.38. The lowest BCUT2D eigenvalue weighted by molar-refractivity contribution is 0.0953. The van der Waals surface area contributed by atoms with Gasteiger partial charge in [0.25, 0.3) is 5.91 Å². The van der Waals surface area contributed by atoms with Gasteiger partial charge in [-0.15, -0.1) is 0 Å². The van der Waals surface area contributed by atoms with Gasteiger partial charge in [0.1, 0.15) is 0 Å². The maximum absolute atomic E-state index is 11.9. The highest BCUT2D eigenvalue weighted by Crippen LogP contribution is 2.18. The number of anilines is 1. The molecule has 1 amide bonds.